The first-order valence-corrected chi connectivity index (χ1v) is 6.48. The molecule has 0 saturated heterocycles. The molecule has 1 heterocycles. The molecular weight excluding hydrogens is 206 g/mol. The number of hydrogen-bond acceptors (Lipinski definition) is 0. The molecule has 1 unspecified atom stereocenters. The van der Waals surface area contributed by atoms with E-state index < -0.39 is 0 Å². The Morgan fingerprint density at radius 1 is 1.24 bits per heavy atom. The van der Waals surface area contributed by atoms with Gasteiger partial charge in [0, 0.05) is 28.2 Å². The molecule has 2 aromatic rings. The quantitative estimate of drug-likeness (QED) is 0.676. The Morgan fingerprint density at radius 3 is 2.76 bits per heavy atom. The van der Waals surface area contributed by atoms with E-state index in [4.69, 9.17) is 0 Å². The van der Waals surface area contributed by atoms with Crippen LogP contribution in [-0.4, -0.2) is 4.57 Å². The van der Waals surface area contributed by atoms with Gasteiger partial charge in [0.2, 0.25) is 0 Å². The van der Waals surface area contributed by atoms with Crippen molar-refractivity contribution in [3.8, 4) is 0 Å². The van der Waals surface area contributed by atoms with Crippen molar-refractivity contribution in [2.75, 3.05) is 0 Å². The van der Waals surface area contributed by atoms with Crippen LogP contribution in [-0.2, 0) is 6.42 Å². The van der Waals surface area contributed by atoms with Crippen LogP contribution in [0.2, 0.25) is 0 Å². The fourth-order valence-electron chi connectivity index (χ4n) is 2.96. The fraction of sp³-hybridized carbons (Fsp3) is 0.375. The second kappa shape index (κ2) is 3.76. The number of fused-ring (bicyclic) bond motifs is 3. The molecule has 0 aliphatic heterocycles. The van der Waals surface area contributed by atoms with Crippen LogP contribution in [0.5, 0.6) is 0 Å². The van der Waals surface area contributed by atoms with E-state index in [1.165, 1.54) is 28.6 Å². The highest BCUT2D eigenvalue weighted by molar-refractivity contribution is 5.92. The minimum atomic E-state index is 0.530. The minimum Gasteiger partial charge on any atom is -0.341 e. The summed E-state index contributed by atoms with van der Waals surface area (Å²) in [6.07, 6.45) is 5.81. The Bertz CT molecular complexity index is 587. The largest absolute Gasteiger partial charge is 0.341 e. The van der Waals surface area contributed by atoms with Crippen LogP contribution < -0.4 is 0 Å². The topological polar surface area (TPSA) is 4.93 Å². The molecule has 1 aliphatic rings. The first-order chi connectivity index (χ1) is 8.18. The average Bonchev–Trinajstić information content (AvgIpc) is 2.62. The van der Waals surface area contributed by atoms with Gasteiger partial charge in [0.15, 0.2) is 0 Å². The zero-order valence-corrected chi connectivity index (χ0v) is 10.8. The van der Waals surface area contributed by atoms with Gasteiger partial charge in [0.1, 0.15) is 0 Å². The van der Waals surface area contributed by atoms with Crippen molar-refractivity contribution in [2.45, 2.75) is 33.2 Å². The maximum Gasteiger partial charge on any atom is 0.0491 e. The molecule has 1 heteroatoms. The summed E-state index contributed by atoms with van der Waals surface area (Å²) in [6.45, 7) is 6.84. The molecule has 0 radical (unpaired) electrons. The molecule has 1 aromatic heterocycles. The third-order valence-electron chi connectivity index (χ3n) is 3.68. The highest BCUT2D eigenvalue weighted by Crippen LogP contribution is 2.34. The van der Waals surface area contributed by atoms with E-state index in [2.05, 4.69) is 61.8 Å². The van der Waals surface area contributed by atoms with Crippen LogP contribution in [0.15, 0.2) is 30.3 Å². The lowest BCUT2D eigenvalue weighted by Crippen LogP contribution is -2.11. The lowest BCUT2D eigenvalue weighted by molar-refractivity contribution is 0.567. The molecule has 1 aliphatic carbocycles. The van der Waals surface area contributed by atoms with Gasteiger partial charge >= 0.3 is 0 Å². The predicted molar refractivity (Wildman–Crippen MR) is 74.2 cm³/mol. The van der Waals surface area contributed by atoms with Gasteiger partial charge < -0.3 is 4.57 Å². The molecule has 0 amide bonds. The SMILES string of the molecule is CC1C=Cc2c(n(C(C)C)c3ccccc23)C1. The third-order valence-corrected chi connectivity index (χ3v) is 3.68. The van der Waals surface area contributed by atoms with Gasteiger partial charge in [-0.2, -0.15) is 0 Å². The smallest absolute Gasteiger partial charge is 0.0491 e. The number of para-hydroxylation sites is 1. The lowest BCUT2D eigenvalue weighted by atomic mass is 9.95. The predicted octanol–water partition coefficient (Wildman–Crippen LogP) is 4.43. The first kappa shape index (κ1) is 10.6. The number of rotatable bonds is 1. The summed E-state index contributed by atoms with van der Waals surface area (Å²) in [5.41, 5.74) is 4.33. The Morgan fingerprint density at radius 2 is 2.00 bits per heavy atom. The fourth-order valence-corrected chi connectivity index (χ4v) is 2.96. The van der Waals surface area contributed by atoms with Crippen LogP contribution in [0.4, 0.5) is 0 Å². The van der Waals surface area contributed by atoms with Crippen LogP contribution >= 0.6 is 0 Å². The van der Waals surface area contributed by atoms with E-state index in [1.54, 1.807) is 0 Å². The van der Waals surface area contributed by atoms with Gasteiger partial charge in [-0.1, -0.05) is 37.3 Å². The summed E-state index contributed by atoms with van der Waals surface area (Å²) in [5.74, 6) is 0.657. The highest BCUT2D eigenvalue weighted by Gasteiger charge is 2.20. The van der Waals surface area contributed by atoms with E-state index in [0.717, 1.165) is 0 Å². The second-order valence-corrected chi connectivity index (χ2v) is 5.38. The van der Waals surface area contributed by atoms with Crippen LogP contribution in [0.3, 0.4) is 0 Å². The molecule has 3 rings (SSSR count). The number of aromatic nitrogens is 1. The van der Waals surface area contributed by atoms with Gasteiger partial charge in [-0.25, -0.2) is 0 Å². The van der Waals surface area contributed by atoms with Crippen molar-refractivity contribution < 1.29 is 0 Å². The molecule has 0 spiro atoms. The summed E-state index contributed by atoms with van der Waals surface area (Å²) >= 11 is 0. The molecule has 1 aromatic carbocycles. The summed E-state index contributed by atoms with van der Waals surface area (Å²) < 4.78 is 2.50. The molecular formula is C16H19N. The zero-order valence-electron chi connectivity index (χ0n) is 10.8. The summed E-state index contributed by atoms with van der Waals surface area (Å²) in [7, 11) is 0. The van der Waals surface area contributed by atoms with Crippen molar-refractivity contribution in [3.63, 3.8) is 0 Å². The summed E-state index contributed by atoms with van der Waals surface area (Å²) in [6, 6.07) is 9.29. The van der Waals surface area contributed by atoms with Gasteiger partial charge in [0.25, 0.3) is 0 Å². The number of nitrogens with zero attached hydrogens (tertiary/aromatic N) is 1. The van der Waals surface area contributed by atoms with Crippen molar-refractivity contribution >= 4 is 17.0 Å². The van der Waals surface area contributed by atoms with Crippen molar-refractivity contribution in [3.05, 3.63) is 41.6 Å². The molecule has 1 atom stereocenters. The number of hydrogen-bond donors (Lipinski definition) is 0. The molecule has 0 bridgehead atoms. The molecule has 0 fully saturated rings. The van der Waals surface area contributed by atoms with Crippen LogP contribution in [0.25, 0.3) is 17.0 Å². The Kier molecular flexibility index (Phi) is 2.36. The molecule has 0 N–H and O–H groups in total. The van der Waals surface area contributed by atoms with Gasteiger partial charge in [-0.05, 0) is 32.3 Å². The Labute approximate surface area is 103 Å². The summed E-state index contributed by atoms with van der Waals surface area (Å²) in [5, 5.41) is 1.40. The molecule has 0 saturated carbocycles. The van der Waals surface area contributed by atoms with Crippen LogP contribution in [0.1, 0.15) is 38.1 Å². The second-order valence-electron chi connectivity index (χ2n) is 5.38. The maximum absolute atomic E-state index is 2.50. The highest BCUT2D eigenvalue weighted by atomic mass is 15.0. The average molecular weight is 225 g/mol. The Balaban J connectivity index is 2.38. The molecule has 1 nitrogen and oxygen atoms in total. The number of benzene rings is 1. The maximum atomic E-state index is 2.50. The van der Waals surface area contributed by atoms with Crippen molar-refractivity contribution in [1.82, 2.24) is 4.57 Å². The Hall–Kier alpha value is -1.50. The molecule has 88 valence electrons. The van der Waals surface area contributed by atoms with Gasteiger partial charge in [-0.3, -0.25) is 0 Å². The normalized spacial score (nSPS) is 18.9. The monoisotopic (exact) mass is 225 g/mol. The third kappa shape index (κ3) is 1.53. The van der Waals surface area contributed by atoms with Crippen molar-refractivity contribution in [2.24, 2.45) is 5.92 Å². The minimum absolute atomic E-state index is 0.530. The first-order valence-electron chi connectivity index (χ1n) is 6.48. The van der Waals surface area contributed by atoms with E-state index >= 15 is 0 Å². The summed E-state index contributed by atoms with van der Waals surface area (Å²) in [4.78, 5) is 0. The van der Waals surface area contributed by atoms with E-state index in [9.17, 15) is 0 Å². The van der Waals surface area contributed by atoms with Gasteiger partial charge in [-0.15, -0.1) is 0 Å². The van der Waals surface area contributed by atoms with E-state index in [0.29, 0.717) is 12.0 Å². The van der Waals surface area contributed by atoms with Gasteiger partial charge in [0.05, 0.1) is 0 Å². The number of allylic oxidation sites excluding steroid dienone is 1. The zero-order chi connectivity index (χ0) is 12.0. The van der Waals surface area contributed by atoms with E-state index in [1.807, 2.05) is 0 Å². The lowest BCUT2D eigenvalue weighted by Gasteiger charge is -2.19. The van der Waals surface area contributed by atoms with Crippen molar-refractivity contribution in [1.29, 1.82) is 0 Å². The standard InChI is InChI=1S/C16H19N/c1-11(2)17-15-7-5-4-6-13(15)14-9-8-12(3)10-16(14)17/h4-9,11-12H,10H2,1-3H3. The molecule has 17 heavy (non-hydrogen) atoms. The van der Waals surface area contributed by atoms with Crippen LogP contribution in [0, 0.1) is 5.92 Å². The van der Waals surface area contributed by atoms with E-state index in [-0.39, 0.29) is 0 Å².